The van der Waals surface area contributed by atoms with Gasteiger partial charge in [0.1, 0.15) is 4.88 Å². The molecule has 2 aromatic rings. The molecule has 0 saturated carbocycles. The van der Waals surface area contributed by atoms with E-state index in [1.54, 1.807) is 0 Å². The molecule has 1 aliphatic rings. The Bertz CT molecular complexity index is 648. The van der Waals surface area contributed by atoms with Gasteiger partial charge in [-0.1, -0.05) is 4.49 Å². The van der Waals surface area contributed by atoms with Crippen molar-refractivity contribution in [3.05, 3.63) is 5.69 Å². The van der Waals surface area contributed by atoms with Gasteiger partial charge in [-0.15, -0.1) is 10.2 Å². The molecule has 0 radical (unpaired) electrons. The van der Waals surface area contributed by atoms with Crippen LogP contribution in [0.3, 0.4) is 0 Å². The summed E-state index contributed by atoms with van der Waals surface area (Å²) in [5, 5.41) is 25.1. The van der Waals surface area contributed by atoms with E-state index >= 15 is 0 Å². The van der Waals surface area contributed by atoms with E-state index < -0.39 is 11.4 Å². The molecule has 10 heteroatoms. The van der Waals surface area contributed by atoms with Gasteiger partial charge in [-0.25, -0.2) is 4.68 Å². The number of aromatic nitrogens is 6. The zero-order chi connectivity index (χ0) is 14.9. The van der Waals surface area contributed by atoms with Crippen LogP contribution in [0.2, 0.25) is 0 Å². The number of aliphatic carboxylic acids is 1. The van der Waals surface area contributed by atoms with Crippen LogP contribution in [0.5, 0.6) is 0 Å². The normalized spacial score (nSPS) is 17.8. The molecule has 1 N–H and O–H groups in total. The number of carboxylic acids is 1. The lowest BCUT2D eigenvalue weighted by atomic mass is 9.80. The lowest BCUT2D eigenvalue weighted by molar-refractivity contribution is -0.156. The van der Waals surface area contributed by atoms with Crippen LogP contribution in [-0.4, -0.2) is 54.1 Å². The molecule has 21 heavy (non-hydrogen) atoms. The van der Waals surface area contributed by atoms with Crippen LogP contribution in [0.4, 0.5) is 0 Å². The molecular weight excluding hydrogens is 296 g/mol. The molecule has 0 spiro atoms. The van der Waals surface area contributed by atoms with Crippen molar-refractivity contribution in [1.82, 2.24) is 29.8 Å². The lowest BCUT2D eigenvalue weighted by Gasteiger charge is -2.32. The van der Waals surface area contributed by atoms with Crippen LogP contribution in [0.1, 0.15) is 18.5 Å². The standard InChI is InChI=1S/C11H14N6O3S/c1-7-8(21-16-12-7)9-13-14-15-17(9)6-11(10(18)19)2-4-20-5-3-11/h2-6H2,1H3,(H,18,19). The molecule has 0 aromatic carbocycles. The summed E-state index contributed by atoms with van der Waals surface area (Å²) >= 11 is 1.19. The highest BCUT2D eigenvalue weighted by Gasteiger charge is 2.41. The van der Waals surface area contributed by atoms with Crippen LogP contribution in [0.15, 0.2) is 0 Å². The van der Waals surface area contributed by atoms with Gasteiger partial charge in [0.15, 0.2) is 5.82 Å². The Kier molecular flexibility index (Phi) is 3.64. The Morgan fingerprint density at radius 2 is 2.19 bits per heavy atom. The van der Waals surface area contributed by atoms with Crippen LogP contribution < -0.4 is 0 Å². The minimum atomic E-state index is -0.894. The maximum atomic E-state index is 11.7. The molecule has 2 aromatic heterocycles. The maximum Gasteiger partial charge on any atom is 0.311 e. The quantitative estimate of drug-likeness (QED) is 0.861. The first-order valence-electron chi connectivity index (χ1n) is 6.49. The monoisotopic (exact) mass is 310 g/mol. The minimum Gasteiger partial charge on any atom is -0.481 e. The average molecular weight is 310 g/mol. The molecule has 1 saturated heterocycles. The third kappa shape index (κ3) is 2.51. The molecule has 9 nitrogen and oxygen atoms in total. The van der Waals surface area contributed by atoms with E-state index in [0.29, 0.717) is 31.9 Å². The summed E-state index contributed by atoms with van der Waals surface area (Å²) in [5.74, 6) is -0.332. The topological polar surface area (TPSA) is 116 Å². The van der Waals surface area contributed by atoms with Crippen LogP contribution >= 0.6 is 11.5 Å². The van der Waals surface area contributed by atoms with E-state index in [9.17, 15) is 9.90 Å². The second-order valence-electron chi connectivity index (χ2n) is 5.05. The van der Waals surface area contributed by atoms with Gasteiger partial charge in [0.05, 0.1) is 17.7 Å². The number of hydrogen-bond acceptors (Lipinski definition) is 8. The van der Waals surface area contributed by atoms with E-state index in [-0.39, 0.29) is 6.54 Å². The summed E-state index contributed by atoms with van der Waals surface area (Å²) in [7, 11) is 0. The zero-order valence-corrected chi connectivity index (χ0v) is 12.2. The molecule has 3 heterocycles. The number of aryl methyl sites for hydroxylation is 1. The smallest absolute Gasteiger partial charge is 0.311 e. The van der Waals surface area contributed by atoms with Gasteiger partial charge in [0, 0.05) is 13.2 Å². The zero-order valence-electron chi connectivity index (χ0n) is 11.4. The fourth-order valence-electron chi connectivity index (χ4n) is 2.40. The SMILES string of the molecule is Cc1nnsc1-c1nnnn1CC1(C(=O)O)CCOCC1. The fraction of sp³-hybridized carbons (Fsp3) is 0.636. The number of ether oxygens (including phenoxy) is 1. The number of nitrogens with zero attached hydrogens (tertiary/aromatic N) is 6. The molecule has 1 fully saturated rings. The van der Waals surface area contributed by atoms with Gasteiger partial charge in [0.25, 0.3) is 0 Å². The fourth-order valence-corrected chi connectivity index (χ4v) is 3.04. The lowest BCUT2D eigenvalue weighted by Crippen LogP contribution is -2.41. The summed E-state index contributed by atoms with van der Waals surface area (Å²) in [6.07, 6.45) is 0.892. The maximum absolute atomic E-state index is 11.7. The van der Waals surface area contributed by atoms with Crippen molar-refractivity contribution in [3.8, 4) is 10.7 Å². The molecule has 3 rings (SSSR count). The Labute approximate surface area is 124 Å². The Morgan fingerprint density at radius 1 is 1.43 bits per heavy atom. The van der Waals surface area contributed by atoms with Gasteiger partial charge in [-0.2, -0.15) is 0 Å². The first kappa shape index (κ1) is 14.0. The van der Waals surface area contributed by atoms with E-state index in [1.807, 2.05) is 6.92 Å². The predicted molar refractivity (Wildman–Crippen MR) is 71.6 cm³/mol. The summed E-state index contributed by atoms with van der Waals surface area (Å²) < 4.78 is 10.7. The molecule has 112 valence electrons. The molecule has 1 aliphatic heterocycles. The summed E-state index contributed by atoms with van der Waals surface area (Å²) in [6, 6.07) is 0. The van der Waals surface area contributed by atoms with Crippen LogP contribution in [0, 0.1) is 12.3 Å². The second-order valence-corrected chi connectivity index (χ2v) is 5.80. The largest absolute Gasteiger partial charge is 0.481 e. The highest BCUT2D eigenvalue weighted by Crippen LogP contribution is 2.34. The van der Waals surface area contributed by atoms with E-state index in [0.717, 1.165) is 10.6 Å². The molecule has 0 unspecified atom stereocenters. The Morgan fingerprint density at radius 3 is 2.81 bits per heavy atom. The Hall–Kier alpha value is -1.94. The third-order valence-corrected chi connectivity index (χ3v) is 4.57. The van der Waals surface area contributed by atoms with Crippen molar-refractivity contribution in [1.29, 1.82) is 0 Å². The van der Waals surface area contributed by atoms with Gasteiger partial charge >= 0.3 is 5.97 Å². The van der Waals surface area contributed by atoms with Crippen molar-refractivity contribution in [2.24, 2.45) is 5.41 Å². The molecule has 0 amide bonds. The predicted octanol–water partition coefficient (Wildman–Crippen LogP) is 0.381. The number of rotatable bonds is 4. The van der Waals surface area contributed by atoms with E-state index in [4.69, 9.17) is 4.74 Å². The van der Waals surface area contributed by atoms with Crippen LogP contribution in [-0.2, 0) is 16.1 Å². The second kappa shape index (κ2) is 5.45. The van der Waals surface area contributed by atoms with Crippen LogP contribution in [0.25, 0.3) is 10.7 Å². The number of carbonyl (C=O) groups is 1. The number of tetrazole rings is 1. The highest BCUT2D eigenvalue weighted by molar-refractivity contribution is 7.09. The average Bonchev–Trinajstić information content (AvgIpc) is 3.08. The van der Waals surface area contributed by atoms with Crippen molar-refractivity contribution < 1.29 is 14.6 Å². The van der Waals surface area contributed by atoms with Crippen molar-refractivity contribution >= 4 is 17.5 Å². The van der Waals surface area contributed by atoms with Gasteiger partial charge < -0.3 is 9.84 Å². The summed E-state index contributed by atoms with van der Waals surface area (Å²) in [4.78, 5) is 12.5. The third-order valence-electron chi connectivity index (χ3n) is 3.74. The van der Waals surface area contributed by atoms with Crippen molar-refractivity contribution in [2.45, 2.75) is 26.3 Å². The first-order chi connectivity index (χ1) is 10.1. The first-order valence-corrected chi connectivity index (χ1v) is 7.26. The van der Waals surface area contributed by atoms with E-state index in [1.165, 1.54) is 16.2 Å². The Balaban J connectivity index is 1.93. The van der Waals surface area contributed by atoms with Gasteiger partial charge in [-0.05, 0) is 41.7 Å². The number of hydrogen-bond donors (Lipinski definition) is 1. The minimum absolute atomic E-state index is 0.214. The summed E-state index contributed by atoms with van der Waals surface area (Å²) in [6.45, 7) is 2.90. The molecule has 0 bridgehead atoms. The summed E-state index contributed by atoms with van der Waals surface area (Å²) in [5.41, 5.74) is -0.165. The number of carboxylic acid groups (broad SMARTS) is 1. The highest BCUT2D eigenvalue weighted by atomic mass is 32.1. The van der Waals surface area contributed by atoms with Crippen molar-refractivity contribution in [2.75, 3.05) is 13.2 Å². The van der Waals surface area contributed by atoms with E-state index in [2.05, 4.69) is 25.1 Å². The molecule has 0 aliphatic carbocycles. The van der Waals surface area contributed by atoms with Gasteiger partial charge in [-0.3, -0.25) is 4.79 Å². The molecule has 0 atom stereocenters. The van der Waals surface area contributed by atoms with Gasteiger partial charge in [0.2, 0.25) is 0 Å². The van der Waals surface area contributed by atoms with Crippen molar-refractivity contribution in [3.63, 3.8) is 0 Å². The molecular formula is C11H14N6O3S.